The van der Waals surface area contributed by atoms with Crippen LogP contribution in [0.15, 0.2) is 0 Å². The van der Waals surface area contributed by atoms with E-state index in [4.69, 9.17) is 5.26 Å². The van der Waals surface area contributed by atoms with Crippen LogP contribution in [0.4, 0.5) is 0 Å². The minimum atomic E-state index is -1.14. The summed E-state index contributed by atoms with van der Waals surface area (Å²) in [6.07, 6.45) is 1.67. The fourth-order valence-corrected chi connectivity index (χ4v) is 1.53. The molecule has 0 aromatic heterocycles. The van der Waals surface area contributed by atoms with E-state index in [0.29, 0.717) is 0 Å². The fourth-order valence-electron chi connectivity index (χ4n) is 0.744. The van der Waals surface area contributed by atoms with E-state index in [9.17, 15) is 4.55 Å². The van der Waals surface area contributed by atoms with E-state index in [1.807, 2.05) is 27.7 Å². The van der Waals surface area contributed by atoms with Crippen LogP contribution in [-0.2, 0) is 11.4 Å². The SMILES string of the molecule is CCC[C@H](C#N)N[S+]([O-])C(C)(C)C. The van der Waals surface area contributed by atoms with Gasteiger partial charge in [-0.25, -0.2) is 0 Å². The smallest absolute Gasteiger partial charge is 0.139 e. The minimum Gasteiger partial charge on any atom is -0.598 e. The van der Waals surface area contributed by atoms with Gasteiger partial charge in [0.2, 0.25) is 0 Å². The summed E-state index contributed by atoms with van der Waals surface area (Å²) >= 11 is -1.14. The molecule has 0 aliphatic rings. The Balaban J connectivity index is 4.03. The van der Waals surface area contributed by atoms with E-state index in [2.05, 4.69) is 10.8 Å². The molecule has 4 heteroatoms. The molecule has 0 aliphatic carbocycles. The molecular weight excluding hydrogens is 184 g/mol. The number of nitriles is 1. The molecule has 1 unspecified atom stereocenters. The molecule has 0 aromatic carbocycles. The summed E-state index contributed by atoms with van der Waals surface area (Å²) in [6, 6.07) is 1.81. The number of hydrogen-bond acceptors (Lipinski definition) is 3. The average molecular weight is 202 g/mol. The van der Waals surface area contributed by atoms with E-state index in [-0.39, 0.29) is 10.8 Å². The molecule has 0 amide bonds. The van der Waals surface area contributed by atoms with Gasteiger partial charge >= 0.3 is 0 Å². The van der Waals surface area contributed by atoms with Gasteiger partial charge in [-0.2, -0.15) is 5.26 Å². The predicted molar refractivity (Wildman–Crippen MR) is 55.3 cm³/mol. The summed E-state index contributed by atoms with van der Waals surface area (Å²) in [5.41, 5.74) is 0. The van der Waals surface area contributed by atoms with Crippen molar-refractivity contribution in [2.45, 2.75) is 51.3 Å². The van der Waals surface area contributed by atoms with Crippen LogP contribution in [0.2, 0.25) is 0 Å². The number of rotatable bonds is 4. The van der Waals surface area contributed by atoms with Crippen LogP contribution >= 0.6 is 0 Å². The van der Waals surface area contributed by atoms with Crippen molar-refractivity contribution in [2.75, 3.05) is 0 Å². The first-order valence-electron chi connectivity index (χ1n) is 4.49. The van der Waals surface area contributed by atoms with Crippen molar-refractivity contribution in [3.05, 3.63) is 0 Å². The van der Waals surface area contributed by atoms with Crippen LogP contribution < -0.4 is 4.72 Å². The molecule has 0 rings (SSSR count). The van der Waals surface area contributed by atoms with E-state index in [1.54, 1.807) is 0 Å². The highest BCUT2D eigenvalue weighted by molar-refractivity contribution is 7.90. The Morgan fingerprint density at radius 1 is 1.54 bits per heavy atom. The number of nitrogens with zero attached hydrogens (tertiary/aromatic N) is 1. The zero-order valence-electron chi connectivity index (χ0n) is 8.76. The second kappa shape index (κ2) is 5.48. The quantitative estimate of drug-likeness (QED) is 0.706. The highest BCUT2D eigenvalue weighted by Gasteiger charge is 2.28. The molecule has 0 saturated heterocycles. The van der Waals surface area contributed by atoms with Crippen LogP contribution in [0.25, 0.3) is 0 Å². The lowest BCUT2D eigenvalue weighted by Crippen LogP contribution is -2.44. The molecule has 13 heavy (non-hydrogen) atoms. The highest BCUT2D eigenvalue weighted by atomic mass is 32.2. The van der Waals surface area contributed by atoms with Gasteiger partial charge in [-0.3, -0.25) is 0 Å². The summed E-state index contributed by atoms with van der Waals surface area (Å²) in [6.45, 7) is 7.66. The first kappa shape index (κ1) is 12.8. The average Bonchev–Trinajstić information content (AvgIpc) is 2.01. The standard InChI is InChI=1S/C9H18N2OS/c1-5-6-8(7-10)11-13(12)9(2,3)4/h8,11H,5-6H2,1-4H3/t8-,13?/m1/s1. The molecule has 2 atom stereocenters. The fraction of sp³-hybridized carbons (Fsp3) is 0.889. The van der Waals surface area contributed by atoms with E-state index >= 15 is 0 Å². The molecule has 0 spiro atoms. The van der Waals surface area contributed by atoms with Gasteiger partial charge in [-0.15, -0.1) is 4.72 Å². The van der Waals surface area contributed by atoms with Crippen molar-refractivity contribution >= 4 is 11.4 Å². The molecular formula is C9H18N2OS. The first-order valence-corrected chi connectivity index (χ1v) is 5.64. The number of hydrogen-bond donors (Lipinski definition) is 1. The molecule has 0 radical (unpaired) electrons. The molecule has 0 fully saturated rings. The van der Waals surface area contributed by atoms with Gasteiger partial charge in [0, 0.05) is 11.4 Å². The van der Waals surface area contributed by atoms with Crippen molar-refractivity contribution in [1.29, 1.82) is 5.26 Å². The zero-order valence-corrected chi connectivity index (χ0v) is 9.57. The van der Waals surface area contributed by atoms with Gasteiger partial charge in [0.1, 0.15) is 10.8 Å². The van der Waals surface area contributed by atoms with Crippen LogP contribution in [0.3, 0.4) is 0 Å². The third-order valence-corrected chi connectivity index (χ3v) is 3.15. The lowest BCUT2D eigenvalue weighted by molar-refractivity contribution is 0.529. The van der Waals surface area contributed by atoms with Crippen molar-refractivity contribution in [3.8, 4) is 6.07 Å². The minimum absolute atomic E-state index is 0.287. The maximum absolute atomic E-state index is 11.6. The van der Waals surface area contributed by atoms with E-state index < -0.39 is 11.4 Å². The second-order valence-electron chi connectivity index (χ2n) is 3.97. The Bertz CT molecular complexity index is 183. The Hall–Kier alpha value is -0.240. The third kappa shape index (κ3) is 5.14. The van der Waals surface area contributed by atoms with Crippen molar-refractivity contribution in [3.63, 3.8) is 0 Å². The van der Waals surface area contributed by atoms with Gasteiger partial charge in [-0.05, 0) is 27.2 Å². The van der Waals surface area contributed by atoms with Crippen molar-refractivity contribution in [2.24, 2.45) is 0 Å². The summed E-state index contributed by atoms with van der Waals surface area (Å²) in [7, 11) is 0. The maximum atomic E-state index is 11.6. The van der Waals surface area contributed by atoms with Gasteiger partial charge in [0.05, 0.1) is 6.07 Å². The molecule has 0 bridgehead atoms. The van der Waals surface area contributed by atoms with Crippen LogP contribution in [-0.4, -0.2) is 15.3 Å². The molecule has 3 nitrogen and oxygen atoms in total. The van der Waals surface area contributed by atoms with Crippen LogP contribution in [0, 0.1) is 11.3 Å². The van der Waals surface area contributed by atoms with Crippen LogP contribution in [0.1, 0.15) is 40.5 Å². The van der Waals surface area contributed by atoms with Crippen molar-refractivity contribution < 1.29 is 4.55 Å². The Labute approximate surface area is 83.8 Å². The summed E-state index contributed by atoms with van der Waals surface area (Å²) < 4.78 is 14.1. The predicted octanol–water partition coefficient (Wildman–Crippen LogP) is 1.73. The van der Waals surface area contributed by atoms with E-state index in [0.717, 1.165) is 12.8 Å². The van der Waals surface area contributed by atoms with Gasteiger partial charge < -0.3 is 4.55 Å². The molecule has 76 valence electrons. The Kier molecular flexibility index (Phi) is 5.38. The van der Waals surface area contributed by atoms with E-state index in [1.165, 1.54) is 0 Å². The summed E-state index contributed by atoms with van der Waals surface area (Å²) in [5, 5.41) is 8.72. The molecule has 0 heterocycles. The lowest BCUT2D eigenvalue weighted by atomic mass is 10.2. The monoisotopic (exact) mass is 202 g/mol. The topological polar surface area (TPSA) is 58.9 Å². The van der Waals surface area contributed by atoms with Gasteiger partial charge in [0.15, 0.2) is 0 Å². The largest absolute Gasteiger partial charge is 0.598 e. The summed E-state index contributed by atoms with van der Waals surface area (Å²) in [4.78, 5) is 0. The second-order valence-corrected chi connectivity index (χ2v) is 5.97. The van der Waals surface area contributed by atoms with Crippen molar-refractivity contribution in [1.82, 2.24) is 4.72 Å². The normalized spacial score (nSPS) is 16.3. The highest BCUT2D eigenvalue weighted by Crippen LogP contribution is 2.14. The Morgan fingerprint density at radius 2 is 2.08 bits per heavy atom. The maximum Gasteiger partial charge on any atom is 0.139 e. The zero-order chi connectivity index (χ0) is 10.5. The molecule has 0 aliphatic heterocycles. The number of nitrogens with one attached hydrogen (secondary N) is 1. The molecule has 0 saturated carbocycles. The lowest BCUT2D eigenvalue weighted by Gasteiger charge is -2.25. The van der Waals surface area contributed by atoms with Gasteiger partial charge in [0.25, 0.3) is 0 Å². The first-order chi connectivity index (χ1) is 5.91. The molecule has 0 aromatic rings. The Morgan fingerprint density at radius 3 is 2.38 bits per heavy atom. The van der Waals surface area contributed by atoms with Gasteiger partial charge in [-0.1, -0.05) is 13.3 Å². The third-order valence-electron chi connectivity index (χ3n) is 1.54. The summed E-state index contributed by atoms with van der Waals surface area (Å²) in [5.74, 6) is 0. The molecule has 1 N–H and O–H groups in total. The van der Waals surface area contributed by atoms with Crippen LogP contribution in [0.5, 0.6) is 0 Å².